The second-order valence-electron chi connectivity index (χ2n) is 2.72. The summed E-state index contributed by atoms with van der Waals surface area (Å²) in [4.78, 5) is 0. The predicted molar refractivity (Wildman–Crippen MR) is 49.8 cm³/mol. The fourth-order valence-electron chi connectivity index (χ4n) is 1.09. The summed E-state index contributed by atoms with van der Waals surface area (Å²) in [5.74, 6) is 0.746. The molecule has 0 aliphatic heterocycles. The maximum Gasteiger partial charge on any atom is 0.169 e. The van der Waals surface area contributed by atoms with Gasteiger partial charge in [-0.1, -0.05) is 0 Å². The molecule has 0 amide bonds. The molecule has 0 aromatic carbocycles. The molecular formula is C8H12BrNO2. The molecule has 68 valence electrons. The lowest BCUT2D eigenvalue weighted by molar-refractivity contribution is 0.267. The van der Waals surface area contributed by atoms with Crippen molar-refractivity contribution in [2.75, 3.05) is 6.61 Å². The van der Waals surface area contributed by atoms with Crippen molar-refractivity contribution in [2.24, 2.45) is 5.73 Å². The molecule has 1 heterocycles. The summed E-state index contributed by atoms with van der Waals surface area (Å²) < 4.78 is 5.99. The Morgan fingerprint density at radius 2 is 2.42 bits per heavy atom. The Kier molecular flexibility index (Phi) is 3.31. The Morgan fingerprint density at radius 3 is 2.83 bits per heavy atom. The van der Waals surface area contributed by atoms with Gasteiger partial charge in [0.25, 0.3) is 0 Å². The maximum absolute atomic E-state index is 8.66. The van der Waals surface area contributed by atoms with E-state index in [2.05, 4.69) is 15.9 Å². The minimum absolute atomic E-state index is 0.0823. The Balaban J connectivity index is 2.79. The molecule has 0 fully saturated rings. The van der Waals surface area contributed by atoms with Crippen molar-refractivity contribution in [3.8, 4) is 0 Å². The molecule has 4 heteroatoms. The van der Waals surface area contributed by atoms with E-state index in [0.717, 1.165) is 11.3 Å². The van der Waals surface area contributed by atoms with Gasteiger partial charge in [0.05, 0.1) is 6.04 Å². The molecule has 1 unspecified atom stereocenters. The third-order valence-corrected chi connectivity index (χ3v) is 2.09. The van der Waals surface area contributed by atoms with Crippen molar-refractivity contribution in [3.63, 3.8) is 0 Å². The Hall–Kier alpha value is -0.320. The molecule has 12 heavy (non-hydrogen) atoms. The second-order valence-corrected chi connectivity index (χ2v) is 3.50. The van der Waals surface area contributed by atoms with E-state index < -0.39 is 0 Å². The first-order valence-electron chi connectivity index (χ1n) is 3.77. The van der Waals surface area contributed by atoms with Crippen LogP contribution in [0.25, 0.3) is 0 Å². The van der Waals surface area contributed by atoms with Gasteiger partial charge in [0.1, 0.15) is 5.76 Å². The predicted octanol–water partition coefficient (Wildman–Crippen LogP) is 1.73. The first-order valence-corrected chi connectivity index (χ1v) is 4.56. The number of rotatable bonds is 3. The van der Waals surface area contributed by atoms with E-state index in [1.54, 1.807) is 0 Å². The number of furan rings is 1. The molecule has 1 aromatic heterocycles. The zero-order valence-electron chi connectivity index (χ0n) is 6.88. The van der Waals surface area contributed by atoms with Gasteiger partial charge in [0, 0.05) is 6.61 Å². The van der Waals surface area contributed by atoms with Gasteiger partial charge in [-0.3, -0.25) is 0 Å². The van der Waals surface area contributed by atoms with Crippen molar-refractivity contribution in [1.29, 1.82) is 0 Å². The minimum atomic E-state index is -0.207. The monoisotopic (exact) mass is 233 g/mol. The zero-order chi connectivity index (χ0) is 9.14. The lowest BCUT2D eigenvalue weighted by Crippen LogP contribution is -2.11. The van der Waals surface area contributed by atoms with Crippen LogP contribution in [0.2, 0.25) is 0 Å². The fourth-order valence-corrected chi connectivity index (χ4v) is 1.61. The highest BCUT2D eigenvalue weighted by Gasteiger charge is 2.13. The molecule has 0 radical (unpaired) electrons. The van der Waals surface area contributed by atoms with Crippen molar-refractivity contribution in [1.82, 2.24) is 0 Å². The van der Waals surface area contributed by atoms with Gasteiger partial charge < -0.3 is 15.3 Å². The van der Waals surface area contributed by atoms with Crippen LogP contribution in [-0.4, -0.2) is 11.7 Å². The third kappa shape index (κ3) is 2.09. The minimum Gasteiger partial charge on any atom is -0.452 e. The lowest BCUT2D eigenvalue weighted by atomic mass is 10.1. The molecule has 0 bridgehead atoms. The van der Waals surface area contributed by atoms with Crippen molar-refractivity contribution < 1.29 is 9.52 Å². The van der Waals surface area contributed by atoms with Crippen LogP contribution in [0.1, 0.15) is 23.8 Å². The van der Waals surface area contributed by atoms with Gasteiger partial charge in [-0.15, -0.1) is 0 Å². The SMILES string of the molecule is Cc1cc(Br)oc1C(N)CCO. The highest BCUT2D eigenvalue weighted by Crippen LogP contribution is 2.25. The summed E-state index contributed by atoms with van der Waals surface area (Å²) in [6.45, 7) is 2.01. The van der Waals surface area contributed by atoms with Crippen LogP contribution < -0.4 is 5.73 Å². The van der Waals surface area contributed by atoms with Gasteiger partial charge in [-0.05, 0) is 40.9 Å². The normalized spacial score (nSPS) is 13.3. The number of aliphatic hydroxyl groups excluding tert-OH is 1. The summed E-state index contributed by atoms with van der Waals surface area (Å²) in [5.41, 5.74) is 6.76. The number of aryl methyl sites for hydroxylation is 1. The molecule has 3 N–H and O–H groups in total. The van der Waals surface area contributed by atoms with E-state index in [1.807, 2.05) is 13.0 Å². The Morgan fingerprint density at radius 1 is 1.75 bits per heavy atom. The van der Waals surface area contributed by atoms with Gasteiger partial charge in [0.15, 0.2) is 4.67 Å². The highest BCUT2D eigenvalue weighted by atomic mass is 79.9. The number of aliphatic hydroxyl groups is 1. The molecule has 0 aliphatic carbocycles. The van der Waals surface area contributed by atoms with Crippen LogP contribution in [0, 0.1) is 6.92 Å². The van der Waals surface area contributed by atoms with Gasteiger partial charge in [0.2, 0.25) is 0 Å². The fraction of sp³-hybridized carbons (Fsp3) is 0.500. The van der Waals surface area contributed by atoms with Crippen LogP contribution in [0.4, 0.5) is 0 Å². The van der Waals surface area contributed by atoms with Gasteiger partial charge in [-0.2, -0.15) is 0 Å². The van der Waals surface area contributed by atoms with E-state index >= 15 is 0 Å². The van der Waals surface area contributed by atoms with Crippen molar-refractivity contribution in [3.05, 3.63) is 22.1 Å². The molecule has 0 spiro atoms. The summed E-state index contributed by atoms with van der Waals surface area (Å²) in [6, 6.07) is 1.66. The lowest BCUT2D eigenvalue weighted by Gasteiger charge is -2.06. The second kappa shape index (κ2) is 4.07. The number of hydrogen-bond donors (Lipinski definition) is 2. The van der Waals surface area contributed by atoms with Gasteiger partial charge in [-0.25, -0.2) is 0 Å². The average Bonchev–Trinajstić information content (AvgIpc) is 2.30. The molecule has 0 aliphatic rings. The molecule has 3 nitrogen and oxygen atoms in total. The van der Waals surface area contributed by atoms with Crippen molar-refractivity contribution in [2.45, 2.75) is 19.4 Å². The van der Waals surface area contributed by atoms with E-state index in [1.165, 1.54) is 0 Å². The average molecular weight is 234 g/mol. The van der Waals surface area contributed by atoms with Crippen LogP contribution in [-0.2, 0) is 0 Å². The Labute approximate surface area is 79.7 Å². The number of halogens is 1. The highest BCUT2D eigenvalue weighted by molar-refractivity contribution is 9.10. The quantitative estimate of drug-likeness (QED) is 0.837. The molecule has 1 atom stereocenters. The standard InChI is InChI=1S/C8H12BrNO2/c1-5-4-7(9)12-8(5)6(10)2-3-11/h4,6,11H,2-3,10H2,1H3. The topological polar surface area (TPSA) is 59.4 Å². The zero-order valence-corrected chi connectivity index (χ0v) is 8.47. The van der Waals surface area contributed by atoms with E-state index in [0.29, 0.717) is 11.1 Å². The van der Waals surface area contributed by atoms with E-state index in [-0.39, 0.29) is 12.6 Å². The largest absolute Gasteiger partial charge is 0.452 e. The van der Waals surface area contributed by atoms with Crippen LogP contribution in [0.5, 0.6) is 0 Å². The molecule has 0 saturated carbocycles. The first-order chi connectivity index (χ1) is 5.65. The van der Waals surface area contributed by atoms with Crippen molar-refractivity contribution >= 4 is 15.9 Å². The number of hydrogen-bond acceptors (Lipinski definition) is 3. The first kappa shape index (κ1) is 9.77. The van der Waals surface area contributed by atoms with E-state index in [4.69, 9.17) is 15.3 Å². The summed E-state index contributed by atoms with van der Waals surface area (Å²) in [7, 11) is 0. The maximum atomic E-state index is 8.66. The molecule has 1 aromatic rings. The number of nitrogens with two attached hydrogens (primary N) is 1. The summed E-state index contributed by atoms with van der Waals surface area (Å²) in [5, 5.41) is 8.66. The Bertz CT molecular complexity index is 260. The van der Waals surface area contributed by atoms with Gasteiger partial charge >= 0.3 is 0 Å². The van der Waals surface area contributed by atoms with E-state index in [9.17, 15) is 0 Å². The third-order valence-electron chi connectivity index (χ3n) is 1.70. The van der Waals surface area contributed by atoms with Crippen LogP contribution in [0.3, 0.4) is 0 Å². The summed E-state index contributed by atoms with van der Waals surface area (Å²) >= 11 is 3.22. The molecule has 1 rings (SSSR count). The van der Waals surface area contributed by atoms with Crippen LogP contribution in [0.15, 0.2) is 15.2 Å². The summed E-state index contributed by atoms with van der Waals surface area (Å²) in [6.07, 6.45) is 0.529. The van der Waals surface area contributed by atoms with Crippen LogP contribution >= 0.6 is 15.9 Å². The smallest absolute Gasteiger partial charge is 0.169 e. The molecule has 0 saturated heterocycles. The molecular weight excluding hydrogens is 222 g/mol.